The van der Waals surface area contributed by atoms with Gasteiger partial charge in [0.25, 0.3) is 15.9 Å². The molecule has 7 heteroatoms. The van der Waals surface area contributed by atoms with Gasteiger partial charge in [0.15, 0.2) is 0 Å². The number of carbonyl (C=O) groups excluding carboxylic acids is 1. The second-order valence-electron chi connectivity index (χ2n) is 7.30. The Hall–Kier alpha value is -2.05. The molecule has 2 aromatic rings. The van der Waals surface area contributed by atoms with Crippen molar-refractivity contribution < 1.29 is 13.2 Å². The van der Waals surface area contributed by atoms with Crippen LogP contribution in [0.25, 0.3) is 0 Å². The standard InChI is InChI=1S/C20H23ClN2O3S/c1-14-9-15(2)13-23(12-14)20(24)16-5-3-8-19(10-16)27(25,26)22-18-7-4-6-17(21)11-18/h3-8,10-11,14-15,22H,9,12-13H2,1-2H3/t14-,15-/m1/s1. The maximum Gasteiger partial charge on any atom is 0.261 e. The highest BCUT2D eigenvalue weighted by Crippen LogP contribution is 2.24. The minimum Gasteiger partial charge on any atom is -0.338 e. The number of carbonyl (C=O) groups is 1. The highest BCUT2D eigenvalue weighted by atomic mass is 35.5. The predicted molar refractivity (Wildman–Crippen MR) is 108 cm³/mol. The summed E-state index contributed by atoms with van der Waals surface area (Å²) >= 11 is 5.91. The monoisotopic (exact) mass is 406 g/mol. The molecule has 1 N–H and O–H groups in total. The fourth-order valence-electron chi connectivity index (χ4n) is 3.57. The topological polar surface area (TPSA) is 66.5 Å². The third-order valence-electron chi connectivity index (χ3n) is 4.62. The smallest absolute Gasteiger partial charge is 0.261 e. The molecule has 0 spiro atoms. The summed E-state index contributed by atoms with van der Waals surface area (Å²) in [5.74, 6) is 0.747. The molecule has 0 saturated carbocycles. The van der Waals surface area contributed by atoms with Crippen molar-refractivity contribution in [3.63, 3.8) is 0 Å². The van der Waals surface area contributed by atoms with Crippen molar-refractivity contribution in [2.24, 2.45) is 11.8 Å². The zero-order chi connectivity index (χ0) is 19.6. The first-order chi connectivity index (χ1) is 12.7. The van der Waals surface area contributed by atoms with Crippen molar-refractivity contribution in [3.05, 3.63) is 59.1 Å². The molecule has 1 amide bonds. The number of sulfonamides is 1. The molecule has 3 rings (SSSR count). The first-order valence-electron chi connectivity index (χ1n) is 8.92. The Morgan fingerprint density at radius 1 is 1.07 bits per heavy atom. The van der Waals surface area contributed by atoms with Crippen LogP contribution in [0.15, 0.2) is 53.4 Å². The largest absolute Gasteiger partial charge is 0.338 e. The van der Waals surface area contributed by atoms with Crippen LogP contribution in [0.1, 0.15) is 30.6 Å². The van der Waals surface area contributed by atoms with Crippen LogP contribution >= 0.6 is 11.6 Å². The van der Waals surface area contributed by atoms with Crippen molar-refractivity contribution >= 4 is 33.2 Å². The Bertz CT molecular complexity index is 936. The lowest BCUT2D eigenvalue weighted by Crippen LogP contribution is -2.42. The molecule has 2 atom stereocenters. The van der Waals surface area contributed by atoms with Crippen LogP contribution in [-0.2, 0) is 10.0 Å². The van der Waals surface area contributed by atoms with Crippen LogP contribution in [-0.4, -0.2) is 32.3 Å². The first-order valence-corrected chi connectivity index (χ1v) is 10.8. The molecule has 0 aromatic heterocycles. The zero-order valence-electron chi connectivity index (χ0n) is 15.4. The van der Waals surface area contributed by atoms with E-state index in [1.807, 2.05) is 4.90 Å². The Morgan fingerprint density at radius 2 is 1.74 bits per heavy atom. The van der Waals surface area contributed by atoms with Gasteiger partial charge in [-0.2, -0.15) is 0 Å². The van der Waals surface area contributed by atoms with Gasteiger partial charge < -0.3 is 4.90 Å². The van der Waals surface area contributed by atoms with E-state index in [0.29, 0.717) is 41.2 Å². The third kappa shape index (κ3) is 4.82. The number of benzene rings is 2. The van der Waals surface area contributed by atoms with Crippen molar-refractivity contribution in [1.29, 1.82) is 0 Å². The van der Waals surface area contributed by atoms with Crippen molar-refractivity contribution in [2.75, 3.05) is 17.8 Å². The summed E-state index contributed by atoms with van der Waals surface area (Å²) in [6, 6.07) is 12.6. The summed E-state index contributed by atoms with van der Waals surface area (Å²) in [6.07, 6.45) is 1.10. The highest BCUT2D eigenvalue weighted by molar-refractivity contribution is 7.92. The molecule has 144 valence electrons. The molecule has 1 heterocycles. The number of hydrogen-bond donors (Lipinski definition) is 1. The molecule has 0 unspecified atom stereocenters. The van der Waals surface area contributed by atoms with Gasteiger partial charge in [0.2, 0.25) is 0 Å². The van der Waals surface area contributed by atoms with Crippen molar-refractivity contribution in [2.45, 2.75) is 25.2 Å². The summed E-state index contributed by atoms with van der Waals surface area (Å²) in [6.45, 7) is 5.65. The zero-order valence-corrected chi connectivity index (χ0v) is 16.9. The van der Waals surface area contributed by atoms with Crippen LogP contribution in [0.2, 0.25) is 5.02 Å². The van der Waals surface area contributed by atoms with Crippen LogP contribution < -0.4 is 4.72 Å². The van der Waals surface area contributed by atoms with E-state index in [0.717, 1.165) is 6.42 Å². The number of nitrogens with zero attached hydrogens (tertiary/aromatic N) is 1. The van der Waals surface area contributed by atoms with E-state index in [9.17, 15) is 13.2 Å². The number of hydrogen-bond acceptors (Lipinski definition) is 3. The number of nitrogens with one attached hydrogen (secondary N) is 1. The van der Waals surface area contributed by atoms with Crippen LogP contribution in [0.3, 0.4) is 0 Å². The first kappa shape index (κ1) is 19.7. The normalized spacial score (nSPS) is 20.3. The minimum absolute atomic E-state index is 0.0476. The Labute approximate surface area is 165 Å². The molecule has 0 bridgehead atoms. The van der Waals surface area contributed by atoms with Crippen molar-refractivity contribution in [1.82, 2.24) is 4.90 Å². The van der Waals surface area contributed by atoms with Gasteiger partial charge in [-0.1, -0.05) is 37.6 Å². The quantitative estimate of drug-likeness (QED) is 0.824. The maximum absolute atomic E-state index is 12.9. The van der Waals surface area contributed by atoms with Gasteiger partial charge in [-0.25, -0.2) is 8.42 Å². The predicted octanol–water partition coefficient (Wildman–Crippen LogP) is 4.26. The van der Waals surface area contributed by atoms with Gasteiger partial charge in [-0.15, -0.1) is 0 Å². The number of anilines is 1. The third-order valence-corrected chi connectivity index (χ3v) is 6.24. The number of likely N-dealkylation sites (tertiary alicyclic amines) is 1. The fourth-order valence-corrected chi connectivity index (χ4v) is 4.86. The molecule has 1 aliphatic rings. The second kappa shape index (κ2) is 7.90. The average molecular weight is 407 g/mol. The van der Waals surface area contributed by atoms with Gasteiger partial charge in [-0.05, 0) is 54.7 Å². The molecule has 1 aliphatic heterocycles. The molecule has 1 fully saturated rings. The summed E-state index contributed by atoms with van der Waals surface area (Å²) in [5.41, 5.74) is 0.753. The highest BCUT2D eigenvalue weighted by Gasteiger charge is 2.27. The molecule has 0 aliphatic carbocycles. The van der Waals surface area contributed by atoms with E-state index < -0.39 is 10.0 Å². The minimum atomic E-state index is -3.82. The van der Waals surface area contributed by atoms with E-state index in [2.05, 4.69) is 18.6 Å². The van der Waals surface area contributed by atoms with Gasteiger partial charge in [0.1, 0.15) is 0 Å². The Kier molecular flexibility index (Phi) is 5.77. The number of rotatable bonds is 4. The molecule has 2 aromatic carbocycles. The molecule has 0 radical (unpaired) electrons. The van der Waals surface area contributed by atoms with E-state index in [1.165, 1.54) is 18.2 Å². The Morgan fingerprint density at radius 3 is 2.41 bits per heavy atom. The van der Waals surface area contributed by atoms with Gasteiger partial charge in [0, 0.05) is 23.7 Å². The van der Waals surface area contributed by atoms with E-state index in [-0.39, 0.29) is 10.8 Å². The summed E-state index contributed by atoms with van der Waals surface area (Å²) in [5, 5.41) is 0.437. The van der Waals surface area contributed by atoms with Crippen LogP contribution in [0.4, 0.5) is 5.69 Å². The molecule has 27 heavy (non-hydrogen) atoms. The van der Waals surface area contributed by atoms with E-state index >= 15 is 0 Å². The van der Waals surface area contributed by atoms with Crippen LogP contribution in [0.5, 0.6) is 0 Å². The van der Waals surface area contributed by atoms with Crippen LogP contribution in [0, 0.1) is 11.8 Å². The molecule has 1 saturated heterocycles. The summed E-state index contributed by atoms with van der Waals surface area (Å²) < 4.78 is 27.9. The molecule has 5 nitrogen and oxygen atoms in total. The van der Waals surface area contributed by atoms with E-state index in [4.69, 9.17) is 11.6 Å². The van der Waals surface area contributed by atoms with Gasteiger partial charge in [0.05, 0.1) is 10.6 Å². The Balaban J connectivity index is 1.83. The lowest BCUT2D eigenvalue weighted by atomic mass is 9.91. The van der Waals surface area contributed by atoms with Crippen molar-refractivity contribution in [3.8, 4) is 0 Å². The summed E-state index contributed by atoms with van der Waals surface area (Å²) in [7, 11) is -3.82. The lowest BCUT2D eigenvalue weighted by Gasteiger charge is -2.35. The lowest BCUT2D eigenvalue weighted by molar-refractivity contribution is 0.0623. The molecular weight excluding hydrogens is 384 g/mol. The average Bonchev–Trinajstić information content (AvgIpc) is 2.60. The van der Waals surface area contributed by atoms with E-state index in [1.54, 1.807) is 30.3 Å². The van der Waals surface area contributed by atoms with Gasteiger partial charge >= 0.3 is 0 Å². The number of amides is 1. The second-order valence-corrected chi connectivity index (χ2v) is 9.42. The number of piperidine rings is 1. The summed E-state index contributed by atoms with van der Waals surface area (Å²) in [4.78, 5) is 14.7. The van der Waals surface area contributed by atoms with Gasteiger partial charge in [-0.3, -0.25) is 9.52 Å². The SMILES string of the molecule is C[C@@H]1C[C@@H](C)CN(C(=O)c2cccc(S(=O)(=O)Nc3cccc(Cl)c3)c2)C1. The molecular formula is C20H23ClN2O3S. The number of halogens is 1. The maximum atomic E-state index is 12.9. The fraction of sp³-hybridized carbons (Fsp3) is 0.350.